The van der Waals surface area contributed by atoms with Crippen molar-refractivity contribution in [3.8, 4) is 0 Å². The lowest BCUT2D eigenvalue weighted by Gasteiger charge is -2.19. The standard InChI is InChI=1S/C16H19FN4OS2/c1-10-8-23-16(20-10)24-9-14(22)18-6-12-7-19-21-15(12)11-2-4-13(17)5-3-11/h2-5,8,12,15,19,21H,6-7,9H2,1H3,(H,18,22). The Labute approximate surface area is 148 Å². The Morgan fingerprint density at radius 2 is 2.25 bits per heavy atom. The summed E-state index contributed by atoms with van der Waals surface area (Å²) in [6.45, 7) is 3.26. The molecule has 1 fully saturated rings. The average molecular weight is 366 g/mol. The predicted molar refractivity (Wildman–Crippen MR) is 94.4 cm³/mol. The molecule has 2 atom stereocenters. The number of aryl methyl sites for hydroxylation is 1. The molecule has 24 heavy (non-hydrogen) atoms. The lowest BCUT2D eigenvalue weighted by atomic mass is 9.95. The fourth-order valence-corrected chi connectivity index (χ4v) is 4.25. The number of nitrogens with zero attached hydrogens (tertiary/aromatic N) is 1. The number of rotatable bonds is 6. The van der Waals surface area contributed by atoms with Crippen LogP contribution in [0.4, 0.5) is 4.39 Å². The molecular weight excluding hydrogens is 347 g/mol. The third-order valence-electron chi connectivity index (χ3n) is 3.81. The first-order chi connectivity index (χ1) is 11.6. The van der Waals surface area contributed by atoms with Crippen LogP contribution in [0.3, 0.4) is 0 Å². The quantitative estimate of drug-likeness (QED) is 0.685. The van der Waals surface area contributed by atoms with E-state index < -0.39 is 0 Å². The van der Waals surface area contributed by atoms with Gasteiger partial charge in [-0.05, 0) is 24.6 Å². The number of thioether (sulfide) groups is 1. The molecule has 1 aromatic carbocycles. The van der Waals surface area contributed by atoms with Crippen molar-refractivity contribution in [2.45, 2.75) is 17.3 Å². The second-order valence-electron chi connectivity index (χ2n) is 5.66. The van der Waals surface area contributed by atoms with Crippen molar-refractivity contribution in [2.75, 3.05) is 18.8 Å². The van der Waals surface area contributed by atoms with Gasteiger partial charge in [-0.15, -0.1) is 11.3 Å². The normalized spacial score (nSPS) is 20.2. The summed E-state index contributed by atoms with van der Waals surface area (Å²) in [5.74, 6) is 0.329. The van der Waals surface area contributed by atoms with Gasteiger partial charge in [-0.3, -0.25) is 10.2 Å². The van der Waals surface area contributed by atoms with Crippen LogP contribution >= 0.6 is 23.1 Å². The molecule has 0 aliphatic carbocycles. The summed E-state index contributed by atoms with van der Waals surface area (Å²) in [5.41, 5.74) is 8.29. The second kappa shape index (κ2) is 8.06. The van der Waals surface area contributed by atoms with Crippen LogP contribution in [0.25, 0.3) is 0 Å². The molecular formula is C16H19FN4OS2. The molecule has 2 heterocycles. The number of hydrogen-bond acceptors (Lipinski definition) is 6. The third kappa shape index (κ3) is 4.54. The van der Waals surface area contributed by atoms with Crippen LogP contribution in [-0.2, 0) is 4.79 Å². The van der Waals surface area contributed by atoms with E-state index in [9.17, 15) is 9.18 Å². The summed E-state index contributed by atoms with van der Waals surface area (Å²) in [5, 5.41) is 4.95. The molecule has 1 amide bonds. The molecule has 1 saturated heterocycles. The van der Waals surface area contributed by atoms with E-state index in [4.69, 9.17) is 0 Å². The number of nitrogens with one attached hydrogen (secondary N) is 3. The molecule has 1 aliphatic heterocycles. The van der Waals surface area contributed by atoms with E-state index >= 15 is 0 Å². The van der Waals surface area contributed by atoms with Gasteiger partial charge in [0, 0.05) is 30.1 Å². The maximum Gasteiger partial charge on any atom is 0.230 e. The summed E-state index contributed by atoms with van der Waals surface area (Å²) in [7, 11) is 0. The topological polar surface area (TPSA) is 66.1 Å². The van der Waals surface area contributed by atoms with E-state index in [1.165, 1.54) is 23.9 Å². The Bertz CT molecular complexity index is 692. The minimum atomic E-state index is -0.246. The Hall–Kier alpha value is -1.48. The Kier molecular flexibility index (Phi) is 5.83. The van der Waals surface area contributed by atoms with Crippen molar-refractivity contribution in [3.63, 3.8) is 0 Å². The first kappa shape index (κ1) is 17.3. The molecule has 0 saturated carbocycles. The maximum atomic E-state index is 13.1. The molecule has 2 aromatic rings. The van der Waals surface area contributed by atoms with Crippen molar-refractivity contribution in [2.24, 2.45) is 5.92 Å². The molecule has 1 aliphatic rings. The smallest absolute Gasteiger partial charge is 0.230 e. The van der Waals surface area contributed by atoms with Crippen LogP contribution in [-0.4, -0.2) is 29.7 Å². The summed E-state index contributed by atoms with van der Waals surface area (Å²) < 4.78 is 14.0. The third-order valence-corrected chi connectivity index (χ3v) is 5.95. The fraction of sp³-hybridized carbons (Fsp3) is 0.375. The number of hydrogen-bond donors (Lipinski definition) is 3. The van der Waals surface area contributed by atoms with Gasteiger partial charge in [0.15, 0.2) is 4.34 Å². The molecule has 2 unspecified atom stereocenters. The predicted octanol–water partition coefficient (Wildman–Crippen LogP) is 2.26. The van der Waals surface area contributed by atoms with Gasteiger partial charge in [-0.25, -0.2) is 14.8 Å². The lowest BCUT2D eigenvalue weighted by Crippen LogP contribution is -2.33. The fourth-order valence-electron chi connectivity index (χ4n) is 2.57. The summed E-state index contributed by atoms with van der Waals surface area (Å²) >= 11 is 3.01. The van der Waals surface area contributed by atoms with Crippen molar-refractivity contribution in [1.29, 1.82) is 0 Å². The number of thiazole rings is 1. The molecule has 1 aromatic heterocycles. The Morgan fingerprint density at radius 3 is 2.96 bits per heavy atom. The van der Waals surface area contributed by atoms with Gasteiger partial charge in [0.25, 0.3) is 0 Å². The van der Waals surface area contributed by atoms with Gasteiger partial charge < -0.3 is 5.32 Å². The van der Waals surface area contributed by atoms with E-state index in [0.717, 1.165) is 22.1 Å². The van der Waals surface area contributed by atoms with E-state index in [-0.39, 0.29) is 23.7 Å². The number of benzene rings is 1. The Morgan fingerprint density at radius 1 is 1.46 bits per heavy atom. The first-order valence-electron chi connectivity index (χ1n) is 7.67. The number of amides is 1. The summed E-state index contributed by atoms with van der Waals surface area (Å²) in [4.78, 5) is 16.4. The van der Waals surface area contributed by atoms with Crippen LogP contribution in [0.2, 0.25) is 0 Å². The lowest BCUT2D eigenvalue weighted by molar-refractivity contribution is -0.118. The minimum absolute atomic E-state index is 0.00221. The first-order valence-corrected chi connectivity index (χ1v) is 9.54. The zero-order valence-corrected chi connectivity index (χ0v) is 14.8. The molecule has 8 heteroatoms. The molecule has 128 valence electrons. The highest BCUT2D eigenvalue weighted by Gasteiger charge is 2.28. The Balaban J connectivity index is 1.48. The highest BCUT2D eigenvalue weighted by Crippen LogP contribution is 2.25. The van der Waals surface area contributed by atoms with E-state index in [1.807, 2.05) is 12.3 Å². The van der Waals surface area contributed by atoms with Crippen LogP contribution in [0, 0.1) is 18.7 Å². The second-order valence-corrected chi connectivity index (χ2v) is 7.74. The monoisotopic (exact) mass is 366 g/mol. The summed E-state index contributed by atoms with van der Waals surface area (Å²) in [6.07, 6.45) is 0. The van der Waals surface area contributed by atoms with Crippen LogP contribution in [0.5, 0.6) is 0 Å². The average Bonchev–Trinajstić information content (AvgIpc) is 3.20. The largest absolute Gasteiger partial charge is 0.355 e. The van der Waals surface area contributed by atoms with Gasteiger partial charge in [0.1, 0.15) is 5.82 Å². The molecule has 5 nitrogen and oxygen atoms in total. The van der Waals surface area contributed by atoms with Crippen LogP contribution in [0.15, 0.2) is 34.0 Å². The van der Waals surface area contributed by atoms with E-state index in [1.54, 1.807) is 23.5 Å². The molecule has 3 N–H and O–H groups in total. The van der Waals surface area contributed by atoms with Crippen molar-refractivity contribution < 1.29 is 9.18 Å². The van der Waals surface area contributed by atoms with Gasteiger partial charge in [-0.2, -0.15) is 0 Å². The zero-order valence-electron chi connectivity index (χ0n) is 13.2. The maximum absolute atomic E-state index is 13.1. The number of carbonyl (C=O) groups excluding carboxylic acids is 1. The van der Waals surface area contributed by atoms with Gasteiger partial charge in [0.2, 0.25) is 5.91 Å². The highest BCUT2D eigenvalue weighted by molar-refractivity contribution is 8.01. The molecule has 0 radical (unpaired) electrons. The molecule has 3 rings (SSSR count). The summed E-state index contributed by atoms with van der Waals surface area (Å²) in [6, 6.07) is 6.51. The van der Waals surface area contributed by atoms with Gasteiger partial charge in [-0.1, -0.05) is 23.9 Å². The number of carbonyl (C=O) groups is 1. The van der Waals surface area contributed by atoms with Crippen LogP contribution in [0.1, 0.15) is 17.3 Å². The minimum Gasteiger partial charge on any atom is -0.355 e. The molecule has 0 bridgehead atoms. The van der Waals surface area contributed by atoms with Crippen molar-refractivity contribution in [3.05, 3.63) is 46.7 Å². The van der Waals surface area contributed by atoms with Gasteiger partial charge >= 0.3 is 0 Å². The van der Waals surface area contributed by atoms with E-state index in [0.29, 0.717) is 12.3 Å². The highest BCUT2D eigenvalue weighted by atomic mass is 32.2. The van der Waals surface area contributed by atoms with Crippen molar-refractivity contribution in [1.82, 2.24) is 21.2 Å². The SMILES string of the molecule is Cc1csc(SCC(=O)NCC2CNNC2c2ccc(F)cc2)n1. The van der Waals surface area contributed by atoms with Crippen LogP contribution < -0.4 is 16.2 Å². The van der Waals surface area contributed by atoms with E-state index in [2.05, 4.69) is 21.2 Å². The molecule has 0 spiro atoms. The zero-order chi connectivity index (χ0) is 16.9. The number of halogens is 1. The number of aromatic nitrogens is 1. The number of hydrazine groups is 1. The van der Waals surface area contributed by atoms with Gasteiger partial charge in [0.05, 0.1) is 11.8 Å². The van der Waals surface area contributed by atoms with Crippen molar-refractivity contribution >= 4 is 29.0 Å².